The minimum Gasteiger partial charge on any atom is -0.450 e. The molecule has 4 aromatic rings. The van der Waals surface area contributed by atoms with E-state index in [1.165, 1.54) is 22.0 Å². The molecule has 1 atom stereocenters. The molecule has 3 aromatic heterocycles. The number of carbonyl (C=O) groups excluding carboxylic acids is 1. The van der Waals surface area contributed by atoms with Gasteiger partial charge in [0.15, 0.2) is 5.75 Å². The summed E-state index contributed by atoms with van der Waals surface area (Å²) in [5.74, 6) is 1.87. The van der Waals surface area contributed by atoms with E-state index in [0.29, 0.717) is 39.4 Å². The first-order valence-corrected chi connectivity index (χ1v) is 12.7. The molecule has 3 aliphatic carbocycles. The molecule has 2 bridgehead atoms. The van der Waals surface area contributed by atoms with Gasteiger partial charge in [-0.05, 0) is 68.2 Å². The average Bonchev–Trinajstić information content (AvgIpc) is 3.55. The van der Waals surface area contributed by atoms with Gasteiger partial charge in [-0.15, -0.1) is 0 Å². The number of hydrogen-bond donors (Lipinski definition) is 2. The third-order valence-electron chi connectivity index (χ3n) is 8.08. The van der Waals surface area contributed by atoms with Gasteiger partial charge in [-0.2, -0.15) is 0 Å². The number of aromatic amines is 1. The van der Waals surface area contributed by atoms with Crippen LogP contribution in [0.5, 0.6) is 11.5 Å². The Balaban J connectivity index is 0.00000176. The maximum absolute atomic E-state index is 13.3. The number of para-hydroxylation sites is 1. The first-order valence-electron chi connectivity index (χ1n) is 12.7. The number of pyridine rings is 2. The number of rotatable bonds is 5. The van der Waals surface area contributed by atoms with E-state index in [4.69, 9.17) is 4.74 Å². The molecule has 0 aliphatic heterocycles. The highest BCUT2D eigenvalue weighted by atomic mass is 16.5. The molecular weight excluding hydrogens is 468 g/mol. The fraction of sp³-hybridized carbons (Fsp3) is 0.345. The van der Waals surface area contributed by atoms with Crippen LogP contribution in [0.1, 0.15) is 43.7 Å². The summed E-state index contributed by atoms with van der Waals surface area (Å²) in [7, 11) is 3.33. The second-order valence-electron chi connectivity index (χ2n) is 10.6. The molecule has 3 heterocycles. The largest absolute Gasteiger partial charge is 0.450 e. The third kappa shape index (κ3) is 3.79. The summed E-state index contributed by atoms with van der Waals surface area (Å²) in [6.07, 6.45) is 6.77. The highest BCUT2D eigenvalue weighted by molar-refractivity contribution is 6.03. The second kappa shape index (κ2) is 8.50. The summed E-state index contributed by atoms with van der Waals surface area (Å²) in [6.45, 7) is 3.87. The molecule has 8 nitrogen and oxygen atoms in total. The molecule has 7 rings (SSSR count). The fourth-order valence-corrected chi connectivity index (χ4v) is 5.93. The summed E-state index contributed by atoms with van der Waals surface area (Å²) in [6, 6.07) is 9.53. The standard InChI is InChI=1S/C29H30N4O4.2H2/c1-15-6-5-7-16(2)25(15)37-26-19(8-9-32(3)29(26)36)21-14-33(4)28(35)24-20(21)13-23(30-24)27(34)31-22-12-17-10-18(22)11-17;;/h5-9,13-14,17-18,22,30H,10-12H2,1-4H3,(H,31,34);2*1H/t17?,18?,22-;;/m1../s1. The predicted octanol–water partition coefficient (Wildman–Crippen LogP) is 4.66. The van der Waals surface area contributed by atoms with E-state index in [1.54, 1.807) is 32.6 Å². The van der Waals surface area contributed by atoms with Crippen molar-refractivity contribution in [2.75, 3.05) is 0 Å². The van der Waals surface area contributed by atoms with Gasteiger partial charge >= 0.3 is 0 Å². The Kier molecular flexibility index (Phi) is 5.36. The number of carbonyl (C=O) groups is 1. The first kappa shape index (κ1) is 23.3. The van der Waals surface area contributed by atoms with Gasteiger partial charge in [0.05, 0.1) is 0 Å². The van der Waals surface area contributed by atoms with Crippen molar-refractivity contribution < 1.29 is 12.4 Å². The predicted molar refractivity (Wildman–Crippen MR) is 147 cm³/mol. The van der Waals surface area contributed by atoms with Crippen LogP contribution in [0, 0.1) is 25.7 Å². The number of nitrogens with one attached hydrogen (secondary N) is 2. The Morgan fingerprint density at radius 1 is 1.00 bits per heavy atom. The minimum absolute atomic E-state index is 0. The molecule has 0 saturated heterocycles. The van der Waals surface area contributed by atoms with Gasteiger partial charge < -0.3 is 24.2 Å². The maximum Gasteiger partial charge on any atom is 0.293 e. The second-order valence-corrected chi connectivity index (χ2v) is 10.6. The molecule has 2 N–H and O–H groups in total. The third-order valence-corrected chi connectivity index (χ3v) is 8.08. The number of H-pyrrole nitrogens is 1. The van der Waals surface area contributed by atoms with E-state index >= 15 is 0 Å². The van der Waals surface area contributed by atoms with Crippen molar-refractivity contribution in [1.82, 2.24) is 19.4 Å². The summed E-state index contributed by atoms with van der Waals surface area (Å²) in [5.41, 5.74) is 3.12. The Morgan fingerprint density at radius 3 is 2.41 bits per heavy atom. The van der Waals surface area contributed by atoms with Crippen molar-refractivity contribution in [3.63, 3.8) is 0 Å². The average molecular weight is 503 g/mol. The molecular formula is C29H34N4O4. The number of nitrogens with zero attached hydrogens (tertiary/aromatic N) is 2. The van der Waals surface area contributed by atoms with Gasteiger partial charge in [0.25, 0.3) is 17.0 Å². The van der Waals surface area contributed by atoms with E-state index in [2.05, 4.69) is 10.3 Å². The van der Waals surface area contributed by atoms with E-state index in [0.717, 1.165) is 23.5 Å². The zero-order valence-electron chi connectivity index (χ0n) is 21.4. The fourth-order valence-electron chi connectivity index (χ4n) is 5.93. The number of amides is 1. The van der Waals surface area contributed by atoms with Gasteiger partial charge in [-0.3, -0.25) is 14.4 Å². The lowest BCUT2D eigenvalue weighted by atomic mass is 9.84. The molecule has 8 heteroatoms. The van der Waals surface area contributed by atoms with Crippen LogP contribution in [0.2, 0.25) is 0 Å². The lowest BCUT2D eigenvalue weighted by Crippen LogP contribution is -2.36. The Hall–Kier alpha value is -4.07. The van der Waals surface area contributed by atoms with Gasteiger partial charge in [-0.1, -0.05) is 18.2 Å². The molecule has 0 radical (unpaired) electrons. The SMILES string of the molecule is Cc1cccc(C)c1Oc1c(-c2cn(C)c(=O)c3[nH]c(C(=O)N[C@@H]4CC5CC4C5)cc23)ccn(C)c1=O.[HH].[HH]. The van der Waals surface area contributed by atoms with Crippen molar-refractivity contribution >= 4 is 16.8 Å². The summed E-state index contributed by atoms with van der Waals surface area (Å²) in [4.78, 5) is 42.5. The van der Waals surface area contributed by atoms with Crippen molar-refractivity contribution in [3.05, 3.63) is 80.3 Å². The molecule has 0 unspecified atom stereocenters. The Morgan fingerprint density at radius 2 is 1.73 bits per heavy atom. The van der Waals surface area contributed by atoms with Crippen LogP contribution in [0.4, 0.5) is 0 Å². The Labute approximate surface area is 216 Å². The zero-order valence-corrected chi connectivity index (χ0v) is 21.4. The molecule has 0 spiro atoms. The maximum atomic E-state index is 13.3. The van der Waals surface area contributed by atoms with Gasteiger partial charge in [0, 0.05) is 51.9 Å². The van der Waals surface area contributed by atoms with Crippen LogP contribution >= 0.6 is 0 Å². The van der Waals surface area contributed by atoms with Gasteiger partial charge in [0.1, 0.15) is 17.0 Å². The van der Waals surface area contributed by atoms with Gasteiger partial charge in [-0.25, -0.2) is 0 Å². The molecule has 1 aromatic carbocycles. The summed E-state index contributed by atoms with van der Waals surface area (Å²) >= 11 is 0. The van der Waals surface area contributed by atoms with Crippen LogP contribution in [0.25, 0.3) is 22.0 Å². The lowest BCUT2D eigenvalue weighted by Gasteiger charge is -2.24. The minimum atomic E-state index is -0.295. The van der Waals surface area contributed by atoms with Crippen molar-refractivity contribution in [2.45, 2.75) is 39.2 Å². The monoisotopic (exact) mass is 502 g/mol. The van der Waals surface area contributed by atoms with Crippen LogP contribution in [0.15, 0.2) is 52.3 Å². The van der Waals surface area contributed by atoms with E-state index < -0.39 is 0 Å². The number of fused-ring (bicyclic) bond motifs is 2. The van der Waals surface area contributed by atoms with Crippen LogP contribution in [-0.4, -0.2) is 26.1 Å². The Bertz CT molecular complexity index is 1680. The van der Waals surface area contributed by atoms with Crippen molar-refractivity contribution in [2.24, 2.45) is 25.9 Å². The van der Waals surface area contributed by atoms with Crippen LogP contribution < -0.4 is 21.2 Å². The summed E-state index contributed by atoms with van der Waals surface area (Å²) < 4.78 is 9.23. The quantitative estimate of drug-likeness (QED) is 0.415. The lowest BCUT2D eigenvalue weighted by molar-refractivity contribution is 0.0924. The molecule has 3 aliphatic rings. The molecule has 3 fully saturated rings. The highest BCUT2D eigenvalue weighted by Crippen LogP contribution is 2.48. The van der Waals surface area contributed by atoms with E-state index in [9.17, 15) is 14.4 Å². The summed E-state index contributed by atoms with van der Waals surface area (Å²) in [5, 5.41) is 3.73. The number of hydrogen-bond acceptors (Lipinski definition) is 4. The highest BCUT2D eigenvalue weighted by Gasteiger charge is 2.44. The number of ether oxygens (including phenoxy) is 1. The molecule has 1 amide bonds. The number of aryl methyl sites for hydroxylation is 4. The van der Waals surface area contributed by atoms with Crippen molar-refractivity contribution in [1.29, 1.82) is 0 Å². The van der Waals surface area contributed by atoms with Crippen molar-refractivity contribution in [3.8, 4) is 22.6 Å². The molecule has 194 valence electrons. The van der Waals surface area contributed by atoms with Crippen LogP contribution in [-0.2, 0) is 14.1 Å². The van der Waals surface area contributed by atoms with Gasteiger partial charge in [0.2, 0.25) is 0 Å². The van der Waals surface area contributed by atoms with Crippen LogP contribution in [0.3, 0.4) is 0 Å². The molecule has 3 saturated carbocycles. The van der Waals surface area contributed by atoms with E-state index in [1.807, 2.05) is 38.1 Å². The number of aromatic nitrogens is 3. The smallest absolute Gasteiger partial charge is 0.293 e. The molecule has 37 heavy (non-hydrogen) atoms. The topological polar surface area (TPSA) is 98.1 Å². The first-order chi connectivity index (χ1) is 17.7. The van der Waals surface area contributed by atoms with E-state index in [-0.39, 0.29) is 31.7 Å². The normalized spacial score (nSPS) is 20.2. The zero-order chi connectivity index (χ0) is 26.0. The number of benzene rings is 1.